The highest BCUT2D eigenvalue weighted by Gasteiger charge is 2.12. The molecule has 1 amide bonds. The summed E-state index contributed by atoms with van der Waals surface area (Å²) in [5, 5.41) is 9.44. The van der Waals surface area contributed by atoms with E-state index in [9.17, 15) is 4.79 Å². The van der Waals surface area contributed by atoms with Gasteiger partial charge in [-0.15, -0.1) is 0 Å². The Balaban J connectivity index is 2.55. The Labute approximate surface area is 182 Å². The van der Waals surface area contributed by atoms with Gasteiger partial charge in [-0.05, 0) is 65.7 Å². The molecule has 7 heteroatoms. The Morgan fingerprint density at radius 2 is 1.77 bits per heavy atom. The summed E-state index contributed by atoms with van der Waals surface area (Å²) in [6, 6.07) is 8.81. The summed E-state index contributed by atoms with van der Waals surface area (Å²) < 4.78 is 5.56. The van der Waals surface area contributed by atoms with E-state index in [1.807, 2.05) is 31.2 Å². The first kappa shape index (κ1) is 25.8. The van der Waals surface area contributed by atoms with Crippen LogP contribution in [-0.4, -0.2) is 61.6 Å². The van der Waals surface area contributed by atoms with Crippen LogP contribution in [0.4, 0.5) is 0 Å². The van der Waals surface area contributed by atoms with Crippen LogP contribution in [0.15, 0.2) is 29.3 Å². The number of aliphatic imine (C=N–C) groups is 1. The van der Waals surface area contributed by atoms with Crippen LogP contribution in [0.2, 0.25) is 0 Å². The van der Waals surface area contributed by atoms with Crippen molar-refractivity contribution in [2.75, 3.05) is 32.8 Å². The van der Waals surface area contributed by atoms with Gasteiger partial charge in [0.1, 0.15) is 5.75 Å². The van der Waals surface area contributed by atoms with Crippen molar-refractivity contribution in [3.8, 4) is 5.75 Å². The van der Waals surface area contributed by atoms with Gasteiger partial charge in [0.2, 0.25) is 0 Å². The average molecular weight is 420 g/mol. The van der Waals surface area contributed by atoms with Crippen LogP contribution in [0.5, 0.6) is 5.75 Å². The van der Waals surface area contributed by atoms with Crippen molar-refractivity contribution in [2.24, 2.45) is 4.99 Å². The number of ether oxygens (including phenoxy) is 1. The van der Waals surface area contributed by atoms with E-state index >= 15 is 0 Å². The minimum absolute atomic E-state index is 0.0224. The van der Waals surface area contributed by atoms with Crippen molar-refractivity contribution >= 4 is 11.9 Å². The van der Waals surface area contributed by atoms with Crippen molar-refractivity contribution in [3.63, 3.8) is 0 Å². The first-order valence-corrected chi connectivity index (χ1v) is 11.1. The lowest BCUT2D eigenvalue weighted by Crippen LogP contribution is -2.41. The van der Waals surface area contributed by atoms with E-state index in [0.29, 0.717) is 30.9 Å². The third kappa shape index (κ3) is 10.5. The molecule has 1 aromatic rings. The van der Waals surface area contributed by atoms with Gasteiger partial charge in [0.15, 0.2) is 12.6 Å². The predicted octanol–water partition coefficient (Wildman–Crippen LogP) is 2.77. The second-order valence-corrected chi connectivity index (χ2v) is 7.79. The van der Waals surface area contributed by atoms with Gasteiger partial charge in [0.25, 0.3) is 5.91 Å². The van der Waals surface area contributed by atoms with E-state index in [4.69, 9.17) is 4.74 Å². The molecule has 1 rings (SSSR count). The summed E-state index contributed by atoms with van der Waals surface area (Å²) in [6.07, 6.45) is 1.06. The molecular formula is C23H41N5O2. The molecule has 0 spiro atoms. The van der Waals surface area contributed by atoms with E-state index < -0.39 is 0 Å². The van der Waals surface area contributed by atoms with Gasteiger partial charge in [-0.1, -0.05) is 12.1 Å². The number of likely N-dealkylation sites (N-methyl/N-ethyl adjacent to an activating group) is 1. The minimum atomic E-state index is -0.118. The van der Waals surface area contributed by atoms with Crippen LogP contribution in [0.3, 0.4) is 0 Å². The Bertz CT molecular complexity index is 638. The van der Waals surface area contributed by atoms with E-state index in [-0.39, 0.29) is 12.5 Å². The van der Waals surface area contributed by atoms with Crippen LogP contribution in [0, 0.1) is 0 Å². The molecule has 0 aliphatic heterocycles. The molecule has 0 aromatic heterocycles. The summed E-state index contributed by atoms with van der Waals surface area (Å²) in [6.45, 7) is 16.8. The molecule has 0 radical (unpaired) electrons. The Morgan fingerprint density at radius 1 is 1.07 bits per heavy atom. The third-order valence-electron chi connectivity index (χ3n) is 4.62. The number of hydrogen-bond donors (Lipinski definition) is 3. The van der Waals surface area contributed by atoms with E-state index in [1.54, 1.807) is 0 Å². The molecule has 0 fully saturated rings. The van der Waals surface area contributed by atoms with Gasteiger partial charge in [-0.3, -0.25) is 9.69 Å². The van der Waals surface area contributed by atoms with Crippen LogP contribution >= 0.6 is 0 Å². The molecule has 170 valence electrons. The van der Waals surface area contributed by atoms with Crippen molar-refractivity contribution in [1.29, 1.82) is 0 Å². The molecule has 0 atom stereocenters. The summed E-state index contributed by atoms with van der Waals surface area (Å²) in [4.78, 5) is 18.7. The predicted molar refractivity (Wildman–Crippen MR) is 125 cm³/mol. The first-order chi connectivity index (χ1) is 14.4. The zero-order valence-corrected chi connectivity index (χ0v) is 19.6. The zero-order valence-electron chi connectivity index (χ0n) is 19.6. The molecule has 0 saturated carbocycles. The maximum atomic E-state index is 11.6. The van der Waals surface area contributed by atoms with Crippen LogP contribution in [0.25, 0.3) is 0 Å². The van der Waals surface area contributed by atoms with E-state index in [1.165, 1.54) is 0 Å². The number of rotatable bonds is 13. The molecule has 0 saturated heterocycles. The highest BCUT2D eigenvalue weighted by atomic mass is 16.5. The minimum Gasteiger partial charge on any atom is -0.484 e. The zero-order chi connectivity index (χ0) is 22.4. The lowest BCUT2D eigenvalue weighted by molar-refractivity contribution is -0.122. The summed E-state index contributed by atoms with van der Waals surface area (Å²) in [7, 11) is 0. The Kier molecular flexibility index (Phi) is 12.6. The topological polar surface area (TPSA) is 78.0 Å². The third-order valence-corrected chi connectivity index (χ3v) is 4.62. The Hall–Kier alpha value is -2.28. The molecule has 30 heavy (non-hydrogen) atoms. The number of nitrogens with one attached hydrogen (secondary N) is 3. The lowest BCUT2D eigenvalue weighted by Gasteiger charge is -2.30. The van der Waals surface area contributed by atoms with Gasteiger partial charge >= 0.3 is 0 Å². The molecule has 7 nitrogen and oxygen atoms in total. The molecule has 0 unspecified atom stereocenters. The summed E-state index contributed by atoms with van der Waals surface area (Å²) in [5.74, 6) is 1.37. The number of guanidine groups is 1. The standard InChI is InChI=1S/C23H41N5O2/c1-7-24-22(29)17-30-21-12-9-11-20(15-21)16-27-23(25-8-2)26-13-10-14-28(18(3)4)19(5)6/h9,11-12,15,18-19H,7-8,10,13-14,16-17H2,1-6H3,(H,24,29)(H2,25,26,27). The smallest absolute Gasteiger partial charge is 0.257 e. The van der Waals surface area contributed by atoms with E-state index in [0.717, 1.165) is 37.6 Å². The number of amides is 1. The maximum Gasteiger partial charge on any atom is 0.257 e. The fraction of sp³-hybridized carbons (Fsp3) is 0.652. The van der Waals surface area contributed by atoms with Gasteiger partial charge < -0.3 is 20.7 Å². The molecule has 0 aliphatic rings. The summed E-state index contributed by atoms with van der Waals surface area (Å²) in [5.41, 5.74) is 1.03. The fourth-order valence-corrected chi connectivity index (χ4v) is 3.22. The van der Waals surface area contributed by atoms with Gasteiger partial charge in [0.05, 0.1) is 6.54 Å². The van der Waals surface area contributed by atoms with Crippen LogP contribution in [0.1, 0.15) is 53.5 Å². The highest BCUT2D eigenvalue weighted by molar-refractivity contribution is 5.79. The normalized spacial score (nSPS) is 11.8. The molecule has 0 bridgehead atoms. The largest absolute Gasteiger partial charge is 0.484 e. The second-order valence-electron chi connectivity index (χ2n) is 7.79. The van der Waals surface area contributed by atoms with Crippen molar-refractivity contribution in [2.45, 2.75) is 66.6 Å². The molecule has 1 aromatic carbocycles. The van der Waals surface area contributed by atoms with Gasteiger partial charge in [-0.25, -0.2) is 4.99 Å². The highest BCUT2D eigenvalue weighted by Crippen LogP contribution is 2.14. The van der Waals surface area contributed by atoms with Crippen LogP contribution in [-0.2, 0) is 11.3 Å². The molecular weight excluding hydrogens is 378 g/mol. The molecule has 0 heterocycles. The van der Waals surface area contributed by atoms with E-state index in [2.05, 4.69) is 60.5 Å². The number of nitrogens with zero attached hydrogens (tertiary/aromatic N) is 2. The SMILES string of the molecule is CCNC(=O)COc1cccc(CN=C(NCC)NCCCN(C(C)C)C(C)C)c1. The Morgan fingerprint density at radius 3 is 2.40 bits per heavy atom. The van der Waals surface area contributed by atoms with Crippen LogP contribution < -0.4 is 20.7 Å². The lowest BCUT2D eigenvalue weighted by atomic mass is 10.2. The van der Waals surface area contributed by atoms with Crippen molar-refractivity contribution in [1.82, 2.24) is 20.9 Å². The van der Waals surface area contributed by atoms with Crippen molar-refractivity contribution in [3.05, 3.63) is 29.8 Å². The monoisotopic (exact) mass is 419 g/mol. The fourth-order valence-electron chi connectivity index (χ4n) is 3.22. The number of carbonyl (C=O) groups excluding carboxylic acids is 1. The van der Waals surface area contributed by atoms with Gasteiger partial charge in [0, 0.05) is 38.3 Å². The second kappa shape index (κ2) is 14.7. The summed E-state index contributed by atoms with van der Waals surface area (Å²) >= 11 is 0. The quantitative estimate of drug-likeness (QED) is 0.260. The number of carbonyl (C=O) groups is 1. The van der Waals surface area contributed by atoms with Crippen molar-refractivity contribution < 1.29 is 9.53 Å². The molecule has 0 aliphatic carbocycles. The van der Waals surface area contributed by atoms with Gasteiger partial charge in [-0.2, -0.15) is 0 Å². The average Bonchev–Trinajstić information content (AvgIpc) is 2.70. The first-order valence-electron chi connectivity index (χ1n) is 11.1. The maximum absolute atomic E-state index is 11.6. The number of hydrogen-bond acceptors (Lipinski definition) is 4. The molecule has 3 N–H and O–H groups in total. The number of benzene rings is 1.